The minimum Gasteiger partial charge on any atom is -0.480 e. The molecule has 21 heavy (non-hydrogen) atoms. The molecule has 1 aliphatic heterocycles. The predicted octanol–water partition coefficient (Wildman–Crippen LogP) is 2.05. The number of ether oxygens (including phenoxy) is 1. The smallest absolute Gasteiger partial charge is 0.261 e. The van der Waals surface area contributed by atoms with Crippen LogP contribution in [0, 0.1) is 5.92 Å². The van der Waals surface area contributed by atoms with Crippen LogP contribution >= 0.6 is 12.4 Å². The first-order valence-corrected chi connectivity index (χ1v) is 7.50. The zero-order valence-corrected chi connectivity index (χ0v) is 12.9. The van der Waals surface area contributed by atoms with Crippen molar-refractivity contribution in [2.45, 2.75) is 44.2 Å². The van der Waals surface area contributed by atoms with Crippen molar-refractivity contribution < 1.29 is 9.53 Å². The fraction of sp³-hybridized carbons (Fsp3) is 0.562. The Labute approximate surface area is 131 Å². The highest BCUT2D eigenvalue weighted by Crippen LogP contribution is 2.28. The van der Waals surface area contributed by atoms with Crippen molar-refractivity contribution in [3.8, 4) is 5.75 Å². The van der Waals surface area contributed by atoms with Crippen LogP contribution < -0.4 is 15.8 Å². The average molecular weight is 311 g/mol. The Balaban J connectivity index is 0.00000161. The lowest BCUT2D eigenvalue weighted by atomic mass is 9.86. The van der Waals surface area contributed by atoms with Gasteiger partial charge in [0.1, 0.15) is 5.75 Å². The second-order valence-corrected chi connectivity index (χ2v) is 5.96. The van der Waals surface area contributed by atoms with Gasteiger partial charge in [-0.15, -0.1) is 12.4 Å². The number of benzene rings is 1. The van der Waals surface area contributed by atoms with Crippen molar-refractivity contribution in [1.82, 2.24) is 5.32 Å². The van der Waals surface area contributed by atoms with Crippen LogP contribution in [0.25, 0.3) is 0 Å². The molecule has 3 N–H and O–H groups in total. The summed E-state index contributed by atoms with van der Waals surface area (Å²) in [5.74, 6) is 1.36. The van der Waals surface area contributed by atoms with E-state index in [9.17, 15) is 4.79 Å². The zero-order valence-electron chi connectivity index (χ0n) is 12.1. The van der Waals surface area contributed by atoms with E-state index in [2.05, 4.69) is 5.32 Å². The van der Waals surface area contributed by atoms with Crippen LogP contribution in [0.1, 0.15) is 31.2 Å². The van der Waals surface area contributed by atoms with Gasteiger partial charge in [-0.2, -0.15) is 0 Å². The summed E-state index contributed by atoms with van der Waals surface area (Å²) in [6.07, 6.45) is 4.78. The normalized spacial score (nSPS) is 27.2. The Morgan fingerprint density at radius 2 is 2.14 bits per heavy atom. The topological polar surface area (TPSA) is 64.3 Å². The van der Waals surface area contributed by atoms with Gasteiger partial charge in [0.15, 0.2) is 6.10 Å². The molecule has 2 aliphatic rings. The Bertz CT molecular complexity index is 470. The molecule has 1 saturated carbocycles. The molecule has 1 aliphatic carbocycles. The number of nitrogens with two attached hydrogens (primary N) is 1. The summed E-state index contributed by atoms with van der Waals surface area (Å²) in [6.45, 7) is 0.725. The molecular formula is C16H23ClN2O2. The summed E-state index contributed by atoms with van der Waals surface area (Å²) in [5, 5.41) is 3.03. The highest BCUT2D eigenvalue weighted by atomic mass is 35.5. The van der Waals surface area contributed by atoms with E-state index in [4.69, 9.17) is 10.5 Å². The van der Waals surface area contributed by atoms with E-state index in [1.54, 1.807) is 0 Å². The number of fused-ring (bicyclic) bond motifs is 1. The van der Waals surface area contributed by atoms with Crippen LogP contribution in [0.4, 0.5) is 0 Å². The molecule has 116 valence electrons. The van der Waals surface area contributed by atoms with Gasteiger partial charge >= 0.3 is 0 Å². The molecule has 0 radical (unpaired) electrons. The molecule has 1 aromatic carbocycles. The summed E-state index contributed by atoms with van der Waals surface area (Å²) < 4.78 is 5.69. The number of amides is 1. The molecular weight excluding hydrogens is 288 g/mol. The van der Waals surface area contributed by atoms with Gasteiger partial charge in [0, 0.05) is 19.0 Å². The van der Waals surface area contributed by atoms with Gasteiger partial charge in [-0.3, -0.25) is 4.79 Å². The molecule has 3 unspecified atom stereocenters. The lowest BCUT2D eigenvalue weighted by Crippen LogP contribution is -2.41. The lowest BCUT2D eigenvalue weighted by molar-refractivity contribution is -0.127. The minimum absolute atomic E-state index is 0. The molecule has 1 heterocycles. The highest BCUT2D eigenvalue weighted by Gasteiger charge is 2.29. The van der Waals surface area contributed by atoms with Gasteiger partial charge in [0.25, 0.3) is 5.91 Å². The fourth-order valence-electron chi connectivity index (χ4n) is 3.21. The van der Waals surface area contributed by atoms with Crippen LogP contribution in [-0.4, -0.2) is 24.6 Å². The van der Waals surface area contributed by atoms with Crippen LogP contribution in [0.15, 0.2) is 24.3 Å². The van der Waals surface area contributed by atoms with Gasteiger partial charge in [-0.25, -0.2) is 0 Å². The van der Waals surface area contributed by atoms with Gasteiger partial charge in [-0.1, -0.05) is 24.6 Å². The maximum absolute atomic E-state index is 12.2. The third-order valence-corrected chi connectivity index (χ3v) is 4.33. The minimum atomic E-state index is -0.371. The summed E-state index contributed by atoms with van der Waals surface area (Å²) in [5.41, 5.74) is 7.09. The monoisotopic (exact) mass is 310 g/mol. The molecule has 1 fully saturated rings. The lowest BCUT2D eigenvalue weighted by Gasteiger charge is -2.27. The van der Waals surface area contributed by atoms with E-state index in [-0.39, 0.29) is 24.4 Å². The first kappa shape index (κ1) is 16.1. The second kappa shape index (κ2) is 7.14. The number of hydrogen-bond donors (Lipinski definition) is 2. The molecule has 0 bridgehead atoms. The third-order valence-electron chi connectivity index (χ3n) is 4.33. The second-order valence-electron chi connectivity index (χ2n) is 5.96. The van der Waals surface area contributed by atoms with Gasteiger partial charge in [-0.05, 0) is 36.8 Å². The van der Waals surface area contributed by atoms with E-state index < -0.39 is 0 Å². The number of hydrogen-bond acceptors (Lipinski definition) is 3. The average Bonchev–Trinajstić information content (AvgIpc) is 2.89. The molecule has 0 aromatic heterocycles. The Morgan fingerprint density at radius 1 is 1.33 bits per heavy atom. The Kier molecular flexibility index (Phi) is 5.48. The molecule has 3 rings (SSSR count). The van der Waals surface area contributed by atoms with Crippen molar-refractivity contribution in [2.24, 2.45) is 11.7 Å². The number of carbonyl (C=O) groups excluding carboxylic acids is 1. The van der Waals surface area contributed by atoms with Crippen molar-refractivity contribution in [1.29, 1.82) is 0 Å². The predicted molar refractivity (Wildman–Crippen MR) is 84.8 cm³/mol. The third kappa shape index (κ3) is 3.89. The highest BCUT2D eigenvalue weighted by molar-refractivity contribution is 5.85. The summed E-state index contributed by atoms with van der Waals surface area (Å²) in [7, 11) is 0. The van der Waals surface area contributed by atoms with Crippen molar-refractivity contribution in [3.63, 3.8) is 0 Å². The molecule has 0 saturated heterocycles. The number of para-hydroxylation sites is 1. The van der Waals surface area contributed by atoms with E-state index in [1.165, 1.54) is 12.8 Å². The molecule has 3 atom stereocenters. The maximum atomic E-state index is 12.2. The standard InChI is InChI=1S/C16H22N2O2.ClH/c17-13-6-3-4-11(8-13)10-18-16(19)15-9-12-5-1-2-7-14(12)20-15;/h1-2,5,7,11,13,15H,3-4,6,8-10,17H2,(H,18,19);1H. The molecule has 1 amide bonds. The first-order valence-electron chi connectivity index (χ1n) is 7.50. The number of carbonyl (C=O) groups is 1. The summed E-state index contributed by atoms with van der Waals surface area (Å²) >= 11 is 0. The molecule has 5 heteroatoms. The van der Waals surface area contributed by atoms with Gasteiger partial charge < -0.3 is 15.8 Å². The zero-order chi connectivity index (χ0) is 13.9. The summed E-state index contributed by atoms with van der Waals surface area (Å²) in [6, 6.07) is 8.15. The van der Waals surface area contributed by atoms with Gasteiger partial charge in [0.05, 0.1) is 0 Å². The van der Waals surface area contributed by atoms with Crippen molar-refractivity contribution in [3.05, 3.63) is 29.8 Å². The quantitative estimate of drug-likeness (QED) is 0.898. The van der Waals surface area contributed by atoms with E-state index in [0.717, 1.165) is 30.7 Å². The van der Waals surface area contributed by atoms with Crippen molar-refractivity contribution >= 4 is 18.3 Å². The van der Waals surface area contributed by atoms with Crippen LogP contribution in [-0.2, 0) is 11.2 Å². The number of nitrogens with one attached hydrogen (secondary N) is 1. The fourth-order valence-corrected chi connectivity index (χ4v) is 3.21. The molecule has 0 spiro atoms. The van der Waals surface area contributed by atoms with Crippen LogP contribution in [0.2, 0.25) is 0 Å². The Morgan fingerprint density at radius 3 is 2.90 bits per heavy atom. The van der Waals surface area contributed by atoms with E-state index in [0.29, 0.717) is 18.4 Å². The maximum Gasteiger partial charge on any atom is 0.261 e. The Hall–Kier alpha value is -1.26. The molecule has 4 nitrogen and oxygen atoms in total. The largest absolute Gasteiger partial charge is 0.480 e. The van der Waals surface area contributed by atoms with Crippen LogP contribution in [0.3, 0.4) is 0 Å². The van der Waals surface area contributed by atoms with Crippen molar-refractivity contribution in [2.75, 3.05) is 6.54 Å². The summed E-state index contributed by atoms with van der Waals surface area (Å²) in [4.78, 5) is 12.2. The van der Waals surface area contributed by atoms with Crippen LogP contribution in [0.5, 0.6) is 5.75 Å². The SMILES string of the molecule is Cl.NC1CCCC(CNC(=O)C2Cc3ccccc3O2)C1. The number of halogens is 1. The van der Waals surface area contributed by atoms with E-state index in [1.807, 2.05) is 24.3 Å². The first-order chi connectivity index (χ1) is 9.72. The molecule has 1 aromatic rings. The number of rotatable bonds is 3. The van der Waals surface area contributed by atoms with Gasteiger partial charge in [0.2, 0.25) is 0 Å². The van der Waals surface area contributed by atoms with E-state index >= 15 is 0 Å².